The Kier molecular flexibility index (Phi) is 11.9. The lowest BCUT2D eigenvalue weighted by Crippen LogP contribution is -2.43. The fraction of sp³-hybridized carbons (Fsp3) is 0.564. The minimum Gasteiger partial charge on any atom is -0.466 e. The van der Waals surface area contributed by atoms with Gasteiger partial charge in [-0.15, -0.1) is 0 Å². The van der Waals surface area contributed by atoms with Crippen LogP contribution in [-0.2, 0) is 37.8 Å². The molecule has 2 aromatic carbocycles. The van der Waals surface area contributed by atoms with Gasteiger partial charge in [-0.2, -0.15) is 0 Å². The number of aromatic nitrogens is 1. The first kappa shape index (κ1) is 37.3. The second-order valence-corrected chi connectivity index (χ2v) is 25.9. The van der Waals surface area contributed by atoms with Crippen LogP contribution in [0.25, 0.3) is 17.0 Å². The molecule has 1 aliphatic rings. The van der Waals surface area contributed by atoms with Crippen molar-refractivity contribution in [2.45, 2.75) is 110 Å². The highest BCUT2D eigenvalue weighted by molar-refractivity contribution is 6.74. The van der Waals surface area contributed by atoms with E-state index in [-0.39, 0.29) is 16.0 Å². The summed E-state index contributed by atoms with van der Waals surface area (Å²) in [6.45, 7) is 27.4. The maximum absolute atomic E-state index is 11.7. The summed E-state index contributed by atoms with van der Waals surface area (Å²) in [5, 5.41) is 1.72. The molecule has 0 N–H and O–H groups in total. The fourth-order valence-electron chi connectivity index (χ4n) is 5.98. The van der Waals surface area contributed by atoms with Crippen molar-refractivity contribution in [2.75, 3.05) is 33.4 Å². The highest BCUT2D eigenvalue weighted by Gasteiger charge is 2.38. The average Bonchev–Trinajstić information content (AvgIpc) is 3.57. The summed E-state index contributed by atoms with van der Waals surface area (Å²) in [5.74, 6) is -0.333. The Morgan fingerprint density at radius 1 is 0.936 bits per heavy atom. The van der Waals surface area contributed by atoms with Crippen LogP contribution < -0.4 is 0 Å². The van der Waals surface area contributed by atoms with E-state index in [1.54, 1.807) is 0 Å². The van der Waals surface area contributed by atoms with Crippen LogP contribution in [0.4, 0.5) is 0 Å². The van der Waals surface area contributed by atoms with Gasteiger partial charge in [0.2, 0.25) is 0 Å². The molecule has 0 fully saturated rings. The van der Waals surface area contributed by atoms with Crippen LogP contribution >= 0.6 is 0 Å². The number of methoxy groups -OCH3 is 1. The molecule has 0 bridgehead atoms. The van der Waals surface area contributed by atoms with Crippen molar-refractivity contribution in [2.24, 2.45) is 0 Å². The molecule has 1 aromatic heterocycles. The van der Waals surface area contributed by atoms with Gasteiger partial charge in [0.1, 0.15) is 0 Å². The maximum Gasteiger partial charge on any atom is 0.330 e. The largest absolute Gasteiger partial charge is 0.466 e. The van der Waals surface area contributed by atoms with Crippen LogP contribution in [0.15, 0.2) is 54.7 Å². The molecular formula is C39H60N2O4Si2. The Hall–Kier alpha value is -2.50. The lowest BCUT2D eigenvalue weighted by atomic mass is 10.0. The Morgan fingerprint density at radius 2 is 1.60 bits per heavy atom. The number of hydrogen-bond acceptors (Lipinski definition) is 5. The fourth-order valence-corrected chi connectivity index (χ4v) is 8.04. The average molecular weight is 677 g/mol. The van der Waals surface area contributed by atoms with Gasteiger partial charge < -0.3 is 18.2 Å². The number of ether oxygens (including phenoxy) is 1. The van der Waals surface area contributed by atoms with Gasteiger partial charge in [-0.3, -0.25) is 4.90 Å². The van der Waals surface area contributed by atoms with E-state index in [1.807, 2.05) is 6.08 Å². The third kappa shape index (κ3) is 9.15. The van der Waals surface area contributed by atoms with Crippen LogP contribution in [0.1, 0.15) is 76.3 Å². The quantitative estimate of drug-likeness (QED) is 0.0968. The number of carbonyl (C=O) groups is 1. The normalized spacial score (nSPS) is 16.0. The minimum atomic E-state index is -1.85. The van der Waals surface area contributed by atoms with Crippen LogP contribution in [0.2, 0.25) is 36.3 Å². The summed E-state index contributed by atoms with van der Waals surface area (Å²) in [6.07, 6.45) is 8.81. The van der Waals surface area contributed by atoms with Crippen LogP contribution in [0, 0.1) is 0 Å². The monoisotopic (exact) mass is 676 g/mol. The molecule has 47 heavy (non-hydrogen) atoms. The zero-order valence-corrected chi connectivity index (χ0v) is 33.0. The third-order valence-electron chi connectivity index (χ3n) is 11.1. The second kappa shape index (κ2) is 15.0. The minimum absolute atomic E-state index is 0.183. The van der Waals surface area contributed by atoms with Crippen molar-refractivity contribution in [1.29, 1.82) is 0 Å². The number of carbonyl (C=O) groups excluding carboxylic acids is 1. The van der Waals surface area contributed by atoms with Gasteiger partial charge in [-0.05, 0) is 89.9 Å². The molecule has 0 saturated heterocycles. The molecule has 0 radical (unpaired) electrons. The van der Waals surface area contributed by atoms with Gasteiger partial charge in [-0.25, -0.2) is 4.79 Å². The molecule has 0 aliphatic heterocycles. The lowest BCUT2D eigenvalue weighted by Gasteiger charge is -2.37. The van der Waals surface area contributed by atoms with Crippen molar-refractivity contribution in [3.63, 3.8) is 0 Å². The van der Waals surface area contributed by atoms with E-state index in [2.05, 4.69) is 126 Å². The number of para-hydroxylation sites is 1. The van der Waals surface area contributed by atoms with Crippen molar-refractivity contribution < 1.29 is 18.4 Å². The van der Waals surface area contributed by atoms with Gasteiger partial charge in [0, 0.05) is 55.5 Å². The topological polar surface area (TPSA) is 52.9 Å². The van der Waals surface area contributed by atoms with E-state index in [4.69, 9.17) is 13.6 Å². The second-order valence-electron chi connectivity index (χ2n) is 16.2. The first-order chi connectivity index (χ1) is 21.9. The highest BCUT2D eigenvalue weighted by Crippen LogP contribution is 2.39. The molecule has 1 unspecified atom stereocenters. The first-order valence-corrected chi connectivity index (χ1v) is 23.2. The molecule has 1 atom stereocenters. The van der Waals surface area contributed by atoms with E-state index >= 15 is 0 Å². The molecule has 1 heterocycles. The van der Waals surface area contributed by atoms with Crippen molar-refractivity contribution in [3.05, 3.63) is 77.0 Å². The highest BCUT2D eigenvalue weighted by atomic mass is 28.4. The molecule has 0 saturated carbocycles. The van der Waals surface area contributed by atoms with Crippen molar-refractivity contribution >= 4 is 39.6 Å². The van der Waals surface area contributed by atoms with Gasteiger partial charge in [-0.1, -0.05) is 77.9 Å². The molecule has 1 aliphatic carbocycles. The van der Waals surface area contributed by atoms with Crippen molar-refractivity contribution in [1.82, 2.24) is 9.47 Å². The zero-order valence-electron chi connectivity index (χ0n) is 31.0. The number of benzene rings is 2. The summed E-state index contributed by atoms with van der Waals surface area (Å²) in [5.41, 5.74) is 6.49. The molecular weight excluding hydrogens is 617 g/mol. The van der Waals surface area contributed by atoms with Gasteiger partial charge >= 0.3 is 5.97 Å². The van der Waals surface area contributed by atoms with Crippen LogP contribution in [0.5, 0.6) is 0 Å². The lowest BCUT2D eigenvalue weighted by molar-refractivity contribution is -0.134. The van der Waals surface area contributed by atoms with E-state index in [9.17, 15) is 4.79 Å². The Balaban J connectivity index is 1.54. The smallest absolute Gasteiger partial charge is 0.330 e. The number of nitrogens with zero attached hydrogens (tertiary/aromatic N) is 2. The summed E-state index contributed by atoms with van der Waals surface area (Å²) in [4.78, 5) is 14.3. The third-order valence-corrected chi connectivity index (χ3v) is 20.1. The van der Waals surface area contributed by atoms with E-state index < -0.39 is 16.6 Å². The number of esters is 1. The SMILES string of the molecule is COC(=O)C=Cc1ccc2c(c1)CCC2N(CCO[Si](C)(C)C(C)(C)C)CCc1cn(CCO[Si](C)(C)C(C)(C)C)c2ccccc12. The standard InChI is InChI=1S/C39H60N2O4Si2/c1-38(2,3)46(8,9)44-26-24-40(36-20-18-31-28-30(16-19-34(31)36)17-21-37(42)43-7)23-22-32-29-41(35-15-13-12-14-33(32)35)25-27-45-47(10,11)39(4,5)6/h12-17,19,21,28-29,36H,18,20,22-27H2,1-11H3. The molecule has 6 nitrogen and oxygen atoms in total. The predicted molar refractivity (Wildman–Crippen MR) is 202 cm³/mol. The molecule has 258 valence electrons. The summed E-state index contributed by atoms with van der Waals surface area (Å²) < 4.78 is 20.5. The van der Waals surface area contributed by atoms with Crippen molar-refractivity contribution in [3.8, 4) is 0 Å². The first-order valence-electron chi connectivity index (χ1n) is 17.4. The molecule has 3 aromatic rings. The molecule has 4 rings (SSSR count). The van der Waals surface area contributed by atoms with E-state index in [0.717, 1.165) is 57.7 Å². The molecule has 8 heteroatoms. The number of fused-ring (bicyclic) bond motifs is 2. The molecule has 0 spiro atoms. The molecule has 0 amide bonds. The maximum atomic E-state index is 11.7. The van der Waals surface area contributed by atoms with Gasteiger partial charge in [0.25, 0.3) is 0 Å². The number of hydrogen-bond donors (Lipinski definition) is 0. The zero-order chi connectivity index (χ0) is 34.6. The van der Waals surface area contributed by atoms with Gasteiger partial charge in [0.05, 0.1) is 13.7 Å². The summed E-state index contributed by atoms with van der Waals surface area (Å²) in [7, 11) is -2.25. The predicted octanol–water partition coefficient (Wildman–Crippen LogP) is 9.40. The number of rotatable bonds is 14. The Bertz CT molecular complexity index is 1540. The summed E-state index contributed by atoms with van der Waals surface area (Å²) in [6, 6.07) is 15.8. The van der Waals surface area contributed by atoms with Crippen LogP contribution in [0.3, 0.4) is 0 Å². The Morgan fingerprint density at radius 3 is 2.26 bits per heavy atom. The Labute approximate surface area is 286 Å². The van der Waals surface area contributed by atoms with E-state index in [0.29, 0.717) is 6.04 Å². The van der Waals surface area contributed by atoms with Crippen LogP contribution in [-0.4, -0.2) is 65.5 Å². The number of aryl methyl sites for hydroxylation is 1. The summed E-state index contributed by atoms with van der Waals surface area (Å²) >= 11 is 0. The van der Waals surface area contributed by atoms with E-state index in [1.165, 1.54) is 40.8 Å². The van der Waals surface area contributed by atoms with Gasteiger partial charge in [0.15, 0.2) is 16.6 Å².